The number of nitrogens with one attached hydrogen (secondary N) is 1. The molecule has 1 unspecified atom stereocenters. The number of amides is 1. The first-order chi connectivity index (χ1) is 27.8. The molecular formula is C40H62N3O13PS. The maximum absolute atomic E-state index is 13.1. The van der Waals surface area contributed by atoms with Gasteiger partial charge in [-0.1, -0.05) is 52.0 Å². The zero-order chi connectivity index (χ0) is 43.4. The van der Waals surface area contributed by atoms with E-state index in [-0.39, 0.29) is 61.2 Å². The molecule has 58 heavy (non-hydrogen) atoms. The lowest BCUT2D eigenvalue weighted by Gasteiger charge is -2.24. The lowest BCUT2D eigenvalue weighted by molar-refractivity contribution is -0.142. The zero-order valence-corrected chi connectivity index (χ0v) is 36.2. The van der Waals surface area contributed by atoms with Crippen LogP contribution in [-0.2, 0) is 35.3 Å². The molecule has 1 fully saturated rings. The van der Waals surface area contributed by atoms with E-state index < -0.39 is 29.8 Å². The van der Waals surface area contributed by atoms with Crippen LogP contribution in [0.25, 0.3) is 0 Å². The van der Waals surface area contributed by atoms with Crippen molar-refractivity contribution in [1.82, 2.24) is 14.6 Å². The minimum absolute atomic E-state index is 0.0939. The number of methoxy groups -OCH3 is 1. The van der Waals surface area contributed by atoms with Gasteiger partial charge < -0.3 is 43.9 Å². The Morgan fingerprint density at radius 3 is 2.22 bits per heavy atom. The summed E-state index contributed by atoms with van der Waals surface area (Å²) in [5.74, 6) is 1.56. The first-order valence-electron chi connectivity index (χ1n) is 19.4. The largest absolute Gasteiger partial charge is 0.497 e. The number of benzene rings is 2. The fraction of sp³-hybridized carbons (Fsp3) is 0.525. The van der Waals surface area contributed by atoms with Crippen LogP contribution in [0.1, 0.15) is 65.9 Å². The fourth-order valence-corrected chi connectivity index (χ4v) is 7.49. The smallest absolute Gasteiger partial charge is 0.404 e. The Bertz CT molecular complexity index is 1710. The molecule has 1 aliphatic rings. The van der Waals surface area contributed by atoms with E-state index in [0.717, 1.165) is 26.1 Å². The minimum atomic E-state index is -3.92. The average Bonchev–Trinajstić information content (AvgIpc) is 3.73. The molecule has 3 aromatic rings. The maximum atomic E-state index is 13.1. The second-order valence-electron chi connectivity index (χ2n) is 12.3. The van der Waals surface area contributed by atoms with Gasteiger partial charge in [-0.25, -0.2) is 22.8 Å². The Balaban J connectivity index is 0.000000819. The van der Waals surface area contributed by atoms with E-state index in [4.69, 9.17) is 23.8 Å². The van der Waals surface area contributed by atoms with E-state index in [2.05, 4.69) is 15.0 Å². The molecule has 0 spiro atoms. The average molecular weight is 856 g/mol. The van der Waals surface area contributed by atoms with Crippen molar-refractivity contribution >= 4 is 29.7 Å². The molecule has 18 heteroatoms. The number of carbonyl (C=O) groups is 2. The topological polar surface area (TPSA) is 220 Å². The maximum Gasteiger partial charge on any atom is 0.404 e. The van der Waals surface area contributed by atoms with Crippen molar-refractivity contribution < 1.29 is 61.1 Å². The Hall–Kier alpha value is -4.25. The van der Waals surface area contributed by atoms with Crippen LogP contribution < -0.4 is 19.3 Å². The number of carbonyl (C=O) groups excluding carboxylic acids is 1. The first kappa shape index (κ1) is 51.8. The summed E-state index contributed by atoms with van der Waals surface area (Å²) >= 11 is 0. The first-order valence-corrected chi connectivity index (χ1v) is 22.6. The molecule has 0 aliphatic carbocycles. The molecule has 2 aromatic carbocycles. The van der Waals surface area contributed by atoms with E-state index in [9.17, 15) is 32.6 Å². The van der Waals surface area contributed by atoms with Crippen LogP contribution in [0.5, 0.6) is 17.4 Å². The van der Waals surface area contributed by atoms with E-state index in [1.807, 2.05) is 13.8 Å². The van der Waals surface area contributed by atoms with Crippen molar-refractivity contribution in [2.45, 2.75) is 77.7 Å². The number of rotatable bonds is 20. The molecule has 4 N–H and O–H groups in total. The molecule has 16 nitrogen and oxygen atoms in total. The quantitative estimate of drug-likeness (QED) is 0.0714. The van der Waals surface area contributed by atoms with Crippen LogP contribution in [0.15, 0.2) is 77.8 Å². The molecule has 3 atom stereocenters. The van der Waals surface area contributed by atoms with Crippen molar-refractivity contribution in [3.05, 3.63) is 78.5 Å². The third kappa shape index (κ3) is 21.0. The van der Waals surface area contributed by atoms with Crippen LogP contribution >= 0.6 is 7.60 Å². The summed E-state index contributed by atoms with van der Waals surface area (Å²) in [6, 6.07) is 17.1. The number of aliphatic hydroxyl groups is 1. The van der Waals surface area contributed by atoms with Gasteiger partial charge in [0.25, 0.3) is 0 Å². The van der Waals surface area contributed by atoms with Crippen molar-refractivity contribution in [1.29, 1.82) is 0 Å². The number of nitrogens with zero attached hydrogens (tertiary/aromatic N) is 2. The van der Waals surface area contributed by atoms with Gasteiger partial charge >= 0.3 is 19.7 Å². The molecule has 1 saturated heterocycles. The predicted molar refractivity (Wildman–Crippen MR) is 221 cm³/mol. The molecule has 4 rings (SSSR count). The molecule has 1 amide bonds. The molecule has 0 bridgehead atoms. The Morgan fingerprint density at radius 2 is 1.72 bits per heavy atom. The molecule has 2 heterocycles. The molecule has 1 aromatic heterocycles. The molecule has 0 saturated carbocycles. The van der Waals surface area contributed by atoms with Crippen LogP contribution in [-0.4, -0.2) is 110 Å². The number of hydrogen-bond donors (Lipinski definition) is 4. The van der Waals surface area contributed by atoms with Gasteiger partial charge in [-0.3, -0.25) is 4.79 Å². The summed E-state index contributed by atoms with van der Waals surface area (Å²) in [6.07, 6.45) is 3.06. The van der Waals surface area contributed by atoms with Crippen molar-refractivity contribution in [3.63, 3.8) is 0 Å². The van der Waals surface area contributed by atoms with Crippen molar-refractivity contribution in [3.8, 4) is 17.4 Å². The predicted octanol–water partition coefficient (Wildman–Crippen LogP) is 6.40. The highest BCUT2D eigenvalue weighted by atomic mass is 32.2. The van der Waals surface area contributed by atoms with Crippen molar-refractivity contribution in [2.75, 3.05) is 59.4 Å². The molecule has 0 radical (unpaired) electrons. The number of esters is 1. The molecule has 326 valence electrons. The Kier molecular flexibility index (Phi) is 25.9. The van der Waals surface area contributed by atoms with Gasteiger partial charge in [0.1, 0.15) is 18.1 Å². The van der Waals surface area contributed by atoms with Crippen LogP contribution in [0.2, 0.25) is 0 Å². The summed E-state index contributed by atoms with van der Waals surface area (Å²) in [7, 11) is -6.21. The normalized spacial score (nSPS) is 14.7. The van der Waals surface area contributed by atoms with Gasteiger partial charge in [-0.05, 0) is 80.5 Å². The minimum Gasteiger partial charge on any atom is -0.497 e. The Morgan fingerprint density at radius 1 is 1.03 bits per heavy atom. The monoisotopic (exact) mass is 855 g/mol. The highest BCUT2D eigenvalue weighted by Gasteiger charge is 2.25. The number of aromatic nitrogens is 1. The zero-order valence-electron chi connectivity index (χ0n) is 34.4. The SMILES string of the molecule is CC.CCN(CC[C@H](Cc1ccc(OCCP(=O)(O)Oc2ccccc2)nc1)NC(=O)O)S(=O)(=O)c1ccc(OC)cc1.CCOC(=O)CC.OCC[C@H]1CCOC1. The third-order valence-electron chi connectivity index (χ3n) is 8.15. The third-order valence-corrected chi connectivity index (χ3v) is 11.4. The van der Waals surface area contributed by atoms with Crippen molar-refractivity contribution in [2.24, 2.45) is 5.92 Å². The summed E-state index contributed by atoms with van der Waals surface area (Å²) in [5, 5.41) is 20.2. The van der Waals surface area contributed by atoms with Gasteiger partial charge in [0, 0.05) is 57.6 Å². The number of sulfonamides is 1. The number of hydrogen-bond acceptors (Lipinski definition) is 12. The number of para-hydroxylation sites is 1. The Labute approximate surface area is 343 Å². The standard InChI is InChI=1S/C27H34N3O9PS.C6H12O2.C5H10O2.C2H6/c1-3-30(41(35,36)25-12-10-23(37-2)11-13-25)16-15-22(29-27(31)32)19-21-9-14-26(28-20-21)38-17-18-40(33,34)39-24-7-5-4-6-8-24;7-3-1-6-2-4-8-5-6;1-3-5(6)7-4-2;1-2/h4-14,20,22,29H,3,15-19H2,1-2H3,(H,31,32)(H,33,34);6-7H,1-5H2;3-4H2,1-2H3;1-2H3/t22-;6-;;/m10../s1. The number of ether oxygens (including phenoxy) is 4. The molecular weight excluding hydrogens is 793 g/mol. The lowest BCUT2D eigenvalue weighted by Crippen LogP contribution is -2.40. The summed E-state index contributed by atoms with van der Waals surface area (Å²) < 4.78 is 65.2. The van der Waals surface area contributed by atoms with E-state index >= 15 is 0 Å². The second kappa shape index (κ2) is 29.0. The fourth-order valence-electron chi connectivity index (χ4n) is 5.16. The van der Waals surface area contributed by atoms with Gasteiger partial charge in [0.15, 0.2) is 0 Å². The van der Waals surface area contributed by atoms with Crippen LogP contribution in [0.3, 0.4) is 0 Å². The van der Waals surface area contributed by atoms with Gasteiger partial charge in [0.2, 0.25) is 15.9 Å². The summed E-state index contributed by atoms with van der Waals surface area (Å²) in [4.78, 5) is 36.0. The second-order valence-corrected chi connectivity index (χ2v) is 16.2. The van der Waals surface area contributed by atoms with E-state index in [1.54, 1.807) is 75.4 Å². The summed E-state index contributed by atoms with van der Waals surface area (Å²) in [6.45, 7) is 12.0. The van der Waals surface area contributed by atoms with Crippen LogP contribution in [0, 0.1) is 5.92 Å². The number of aliphatic hydroxyl groups excluding tert-OH is 1. The number of carboxylic acid groups (broad SMARTS) is 1. The lowest BCUT2D eigenvalue weighted by atomic mass is 10.0. The van der Waals surface area contributed by atoms with E-state index in [0.29, 0.717) is 36.9 Å². The van der Waals surface area contributed by atoms with Gasteiger partial charge in [-0.15, -0.1) is 0 Å². The van der Waals surface area contributed by atoms with Gasteiger partial charge in [0.05, 0.1) is 24.8 Å². The number of pyridine rings is 1. The van der Waals surface area contributed by atoms with Gasteiger partial charge in [-0.2, -0.15) is 4.31 Å². The molecule has 1 aliphatic heterocycles. The highest BCUT2D eigenvalue weighted by Crippen LogP contribution is 2.42. The summed E-state index contributed by atoms with van der Waals surface area (Å²) in [5.41, 5.74) is 0.692. The van der Waals surface area contributed by atoms with E-state index in [1.165, 1.54) is 29.7 Å². The highest BCUT2D eigenvalue weighted by molar-refractivity contribution is 7.89. The van der Waals surface area contributed by atoms with Crippen LogP contribution in [0.4, 0.5) is 4.79 Å².